The van der Waals surface area contributed by atoms with Gasteiger partial charge in [-0.05, 0) is 36.8 Å². The van der Waals surface area contributed by atoms with Crippen molar-refractivity contribution in [2.75, 3.05) is 6.54 Å². The molecule has 0 saturated carbocycles. The molecule has 1 aromatic carbocycles. The van der Waals surface area contributed by atoms with Gasteiger partial charge in [-0.3, -0.25) is 0 Å². The molecule has 114 valence electrons. The maximum atomic E-state index is 12.1. The first kappa shape index (κ1) is 16.3. The normalized spacial score (nSPS) is 13.3. The topological polar surface area (TPSA) is 79.5 Å². The van der Waals surface area contributed by atoms with Gasteiger partial charge in [-0.15, -0.1) is 0 Å². The molecule has 2 N–H and O–H groups in total. The molecule has 0 aliphatic carbocycles. The van der Waals surface area contributed by atoms with Gasteiger partial charge in [-0.2, -0.15) is 0 Å². The van der Waals surface area contributed by atoms with E-state index in [0.29, 0.717) is 5.76 Å². The van der Waals surface area contributed by atoms with Crippen molar-refractivity contribution in [2.24, 2.45) is 0 Å². The van der Waals surface area contributed by atoms with E-state index >= 15 is 0 Å². The average molecular weight is 350 g/mol. The highest BCUT2D eigenvalue weighted by Crippen LogP contribution is 2.25. The van der Waals surface area contributed by atoms with Crippen LogP contribution in [-0.4, -0.2) is 20.1 Å². The van der Waals surface area contributed by atoms with Crippen molar-refractivity contribution < 1.29 is 17.9 Å². The van der Waals surface area contributed by atoms with Crippen molar-refractivity contribution in [3.05, 3.63) is 52.4 Å². The van der Waals surface area contributed by atoms with Gasteiger partial charge >= 0.3 is 0 Å². The van der Waals surface area contributed by atoms with Crippen molar-refractivity contribution in [3.63, 3.8) is 0 Å². The molecule has 1 unspecified atom stereocenters. The largest absolute Gasteiger partial charge is 0.467 e. The lowest BCUT2D eigenvalue weighted by Crippen LogP contribution is -2.26. The molecule has 0 saturated heterocycles. The molecule has 1 heterocycles. The third-order valence-electron chi connectivity index (χ3n) is 2.76. The van der Waals surface area contributed by atoms with Crippen molar-refractivity contribution in [2.45, 2.75) is 17.4 Å². The van der Waals surface area contributed by atoms with Crippen LogP contribution < -0.4 is 4.72 Å². The quantitative estimate of drug-likeness (QED) is 0.839. The molecule has 2 aromatic rings. The number of furan rings is 1. The second kappa shape index (κ2) is 6.81. The summed E-state index contributed by atoms with van der Waals surface area (Å²) in [7, 11) is -3.79. The number of sulfonamides is 1. The van der Waals surface area contributed by atoms with E-state index in [4.69, 9.17) is 27.6 Å². The minimum atomic E-state index is -3.79. The number of benzene rings is 1. The number of aliphatic hydroxyl groups is 1. The van der Waals surface area contributed by atoms with E-state index in [1.54, 1.807) is 12.1 Å². The third kappa shape index (κ3) is 4.21. The maximum absolute atomic E-state index is 12.1. The maximum Gasteiger partial charge on any atom is 0.242 e. The average Bonchev–Trinajstić information content (AvgIpc) is 2.95. The van der Waals surface area contributed by atoms with Crippen LogP contribution in [0, 0.1) is 0 Å². The summed E-state index contributed by atoms with van der Waals surface area (Å²) in [4.78, 5) is -0.0934. The lowest BCUT2D eigenvalue weighted by atomic mass is 10.2. The Morgan fingerprint density at radius 1 is 1.29 bits per heavy atom. The molecule has 0 bridgehead atoms. The van der Waals surface area contributed by atoms with Gasteiger partial charge in [0, 0.05) is 11.6 Å². The minimum Gasteiger partial charge on any atom is -0.467 e. The van der Waals surface area contributed by atoms with Gasteiger partial charge in [0.1, 0.15) is 16.8 Å². The van der Waals surface area contributed by atoms with Gasteiger partial charge in [0.15, 0.2) is 0 Å². The Morgan fingerprint density at radius 3 is 2.71 bits per heavy atom. The van der Waals surface area contributed by atoms with Gasteiger partial charge in [-0.25, -0.2) is 13.1 Å². The number of hydrogen-bond acceptors (Lipinski definition) is 4. The summed E-state index contributed by atoms with van der Waals surface area (Å²) in [6.45, 7) is 0.0348. The fourth-order valence-electron chi connectivity index (χ4n) is 1.71. The predicted molar refractivity (Wildman–Crippen MR) is 79.9 cm³/mol. The molecule has 0 amide bonds. The molecule has 5 nitrogen and oxygen atoms in total. The fourth-order valence-corrected chi connectivity index (χ4v) is 3.52. The van der Waals surface area contributed by atoms with Crippen molar-refractivity contribution in [3.8, 4) is 0 Å². The Balaban J connectivity index is 2.00. The number of nitrogens with one attached hydrogen (secondary N) is 1. The van der Waals surface area contributed by atoms with Crippen molar-refractivity contribution >= 4 is 33.2 Å². The molecular weight excluding hydrogens is 337 g/mol. The number of rotatable bonds is 6. The molecule has 0 spiro atoms. The summed E-state index contributed by atoms with van der Waals surface area (Å²) in [5.74, 6) is 0.384. The first-order chi connectivity index (χ1) is 9.90. The van der Waals surface area contributed by atoms with Crippen molar-refractivity contribution in [1.82, 2.24) is 4.72 Å². The third-order valence-corrected chi connectivity index (χ3v) is 4.94. The number of aliphatic hydroxyl groups excluding tert-OH is 1. The Hall–Kier alpha value is -1.05. The summed E-state index contributed by atoms with van der Waals surface area (Å²) in [5, 5.41) is 10.2. The van der Waals surface area contributed by atoms with Crippen LogP contribution in [0.15, 0.2) is 45.9 Å². The molecule has 1 atom stereocenters. The Kier molecular flexibility index (Phi) is 5.29. The van der Waals surface area contributed by atoms with Gasteiger partial charge in [-0.1, -0.05) is 23.2 Å². The van der Waals surface area contributed by atoms with Gasteiger partial charge in [0.2, 0.25) is 10.0 Å². The van der Waals surface area contributed by atoms with Gasteiger partial charge in [0.05, 0.1) is 11.3 Å². The zero-order valence-electron chi connectivity index (χ0n) is 10.8. The molecule has 2 rings (SSSR count). The first-order valence-corrected chi connectivity index (χ1v) is 8.30. The van der Waals surface area contributed by atoms with Crippen LogP contribution in [0.5, 0.6) is 0 Å². The summed E-state index contributed by atoms with van der Waals surface area (Å²) in [6.07, 6.45) is 0.733. The van der Waals surface area contributed by atoms with Crippen LogP contribution in [0.2, 0.25) is 10.0 Å². The number of hydrogen-bond donors (Lipinski definition) is 2. The first-order valence-electron chi connectivity index (χ1n) is 6.06. The van der Waals surface area contributed by atoms with Crippen molar-refractivity contribution in [1.29, 1.82) is 0 Å². The predicted octanol–water partition coefficient (Wildman–Crippen LogP) is 2.99. The zero-order valence-corrected chi connectivity index (χ0v) is 13.1. The van der Waals surface area contributed by atoms with Crippen LogP contribution >= 0.6 is 23.2 Å². The second-order valence-electron chi connectivity index (χ2n) is 4.29. The van der Waals surface area contributed by atoms with E-state index in [1.807, 2.05) is 0 Å². The Morgan fingerprint density at radius 2 is 2.05 bits per heavy atom. The minimum absolute atomic E-state index is 0.0348. The smallest absolute Gasteiger partial charge is 0.242 e. The van der Waals surface area contributed by atoms with Crippen LogP contribution in [0.1, 0.15) is 18.3 Å². The highest BCUT2D eigenvalue weighted by atomic mass is 35.5. The van der Waals surface area contributed by atoms with Crippen LogP contribution in [0.3, 0.4) is 0 Å². The van der Waals surface area contributed by atoms with Crippen LogP contribution in [0.4, 0.5) is 0 Å². The summed E-state index contributed by atoms with van der Waals surface area (Å²) < 4.78 is 31.6. The molecule has 1 aromatic heterocycles. The molecule has 21 heavy (non-hydrogen) atoms. The SMILES string of the molecule is O=S(=O)(NCCC(O)c1ccco1)c1cc(Cl)ccc1Cl. The standard InChI is InChI=1S/C13H13Cl2NO4S/c14-9-3-4-10(15)13(8-9)21(18,19)16-6-5-11(17)12-2-1-7-20-12/h1-4,7-8,11,16-17H,5-6H2. The summed E-state index contributed by atoms with van der Waals surface area (Å²) >= 11 is 11.6. The Labute approximate surface area is 132 Å². The zero-order chi connectivity index (χ0) is 15.5. The fraction of sp³-hybridized carbons (Fsp3) is 0.231. The highest BCUT2D eigenvalue weighted by molar-refractivity contribution is 7.89. The molecule has 8 heteroatoms. The van der Waals surface area contributed by atoms with Crippen LogP contribution in [-0.2, 0) is 10.0 Å². The van der Waals surface area contributed by atoms with E-state index in [-0.39, 0.29) is 27.9 Å². The molecule has 0 aliphatic rings. The van der Waals surface area contributed by atoms with E-state index in [0.717, 1.165) is 0 Å². The van der Waals surface area contributed by atoms with Crippen LogP contribution in [0.25, 0.3) is 0 Å². The van der Waals surface area contributed by atoms with E-state index in [2.05, 4.69) is 4.72 Å². The van der Waals surface area contributed by atoms with E-state index < -0.39 is 16.1 Å². The molecular formula is C13H13Cl2NO4S. The highest BCUT2D eigenvalue weighted by Gasteiger charge is 2.19. The molecule has 0 fully saturated rings. The summed E-state index contributed by atoms with van der Waals surface area (Å²) in [5.41, 5.74) is 0. The van der Waals surface area contributed by atoms with E-state index in [9.17, 15) is 13.5 Å². The number of halogens is 2. The lowest BCUT2D eigenvalue weighted by molar-refractivity contribution is 0.142. The second-order valence-corrected chi connectivity index (χ2v) is 6.87. The van der Waals surface area contributed by atoms with Gasteiger partial charge in [0.25, 0.3) is 0 Å². The summed E-state index contributed by atoms with van der Waals surface area (Å²) in [6, 6.07) is 7.45. The Bertz CT molecular complexity index is 701. The monoisotopic (exact) mass is 349 g/mol. The molecule has 0 aliphatic heterocycles. The lowest BCUT2D eigenvalue weighted by Gasteiger charge is -2.11. The van der Waals surface area contributed by atoms with E-state index in [1.165, 1.54) is 24.5 Å². The van der Waals surface area contributed by atoms with Gasteiger partial charge < -0.3 is 9.52 Å². The molecule has 0 radical (unpaired) electrons.